The molecule has 2 aromatic carbocycles. The van der Waals surface area contributed by atoms with E-state index in [4.69, 9.17) is 5.26 Å². The van der Waals surface area contributed by atoms with E-state index in [1.54, 1.807) is 24.3 Å². The van der Waals surface area contributed by atoms with Crippen molar-refractivity contribution in [3.8, 4) is 6.07 Å². The van der Waals surface area contributed by atoms with Crippen LogP contribution in [0.4, 0.5) is 14.9 Å². The molecule has 2 aromatic rings. The van der Waals surface area contributed by atoms with Gasteiger partial charge < -0.3 is 21.3 Å². The molecule has 0 bridgehead atoms. The molecule has 0 aliphatic carbocycles. The predicted molar refractivity (Wildman–Crippen MR) is 116 cm³/mol. The summed E-state index contributed by atoms with van der Waals surface area (Å²) in [5.41, 5.74) is 1.58. The first-order valence-electron chi connectivity index (χ1n) is 10.3. The molecule has 8 nitrogen and oxygen atoms in total. The molecule has 3 rings (SSSR count). The molecule has 1 heterocycles. The predicted octanol–water partition coefficient (Wildman–Crippen LogP) is 2.22. The molecule has 166 valence electrons. The van der Waals surface area contributed by atoms with Crippen LogP contribution in [0, 0.1) is 17.1 Å². The van der Waals surface area contributed by atoms with Gasteiger partial charge in [-0.1, -0.05) is 12.1 Å². The van der Waals surface area contributed by atoms with E-state index < -0.39 is 29.8 Å². The molecule has 4 N–H and O–H groups in total. The number of benzene rings is 2. The van der Waals surface area contributed by atoms with E-state index in [1.165, 1.54) is 24.3 Å². The Hall–Kier alpha value is -3.93. The van der Waals surface area contributed by atoms with Crippen molar-refractivity contribution in [2.45, 2.75) is 37.8 Å². The van der Waals surface area contributed by atoms with E-state index in [0.29, 0.717) is 24.2 Å². The zero-order valence-electron chi connectivity index (χ0n) is 17.4. The lowest BCUT2D eigenvalue weighted by molar-refractivity contribution is -0.129. The van der Waals surface area contributed by atoms with Gasteiger partial charge in [-0.2, -0.15) is 5.26 Å². The molecule has 2 unspecified atom stereocenters. The molecule has 2 atom stereocenters. The number of amides is 4. The van der Waals surface area contributed by atoms with Crippen LogP contribution in [0.15, 0.2) is 48.5 Å². The van der Waals surface area contributed by atoms with Crippen LogP contribution in [0.2, 0.25) is 0 Å². The van der Waals surface area contributed by atoms with Crippen LogP contribution in [-0.4, -0.2) is 36.5 Å². The summed E-state index contributed by atoms with van der Waals surface area (Å²) in [6.07, 6.45) is 2.30. The molecule has 1 aliphatic rings. The Kier molecular flexibility index (Phi) is 7.75. The Labute approximate surface area is 185 Å². The van der Waals surface area contributed by atoms with Crippen molar-refractivity contribution in [1.82, 2.24) is 16.0 Å². The number of hydrogen-bond donors (Lipinski definition) is 4. The van der Waals surface area contributed by atoms with Crippen LogP contribution in [-0.2, 0) is 16.0 Å². The summed E-state index contributed by atoms with van der Waals surface area (Å²) in [6.45, 7) is 0.568. The standard InChI is InChI=1S/C23H24FN5O3/c24-17-8-10-18(11-9-17)27-23(32)29-20(13-15-4-6-16(14-25)7-5-15)22(31)28-19-3-1-2-12-26-21(19)30/h4-11,19-20H,1-3,12-13H2,(H,26,30)(H,28,31)(H2,27,29,32). The first-order chi connectivity index (χ1) is 15.4. The normalized spacial score (nSPS) is 16.6. The van der Waals surface area contributed by atoms with Crippen molar-refractivity contribution >= 4 is 23.5 Å². The number of nitrogens with zero attached hydrogens (tertiary/aromatic N) is 1. The van der Waals surface area contributed by atoms with Crippen LogP contribution in [0.3, 0.4) is 0 Å². The monoisotopic (exact) mass is 437 g/mol. The average molecular weight is 437 g/mol. The van der Waals surface area contributed by atoms with Crippen molar-refractivity contribution in [3.05, 3.63) is 65.5 Å². The molecular formula is C23H24FN5O3. The number of nitriles is 1. The SMILES string of the molecule is N#Cc1ccc(CC(NC(=O)Nc2ccc(F)cc2)C(=O)NC2CCCCNC2=O)cc1. The van der Waals surface area contributed by atoms with E-state index in [0.717, 1.165) is 18.4 Å². The Morgan fingerprint density at radius 1 is 1.12 bits per heavy atom. The lowest BCUT2D eigenvalue weighted by Gasteiger charge is -2.22. The zero-order chi connectivity index (χ0) is 22.9. The van der Waals surface area contributed by atoms with Crippen LogP contribution >= 0.6 is 0 Å². The largest absolute Gasteiger partial charge is 0.354 e. The molecular weight excluding hydrogens is 413 g/mol. The molecule has 4 amide bonds. The number of rotatable bonds is 6. The second kappa shape index (κ2) is 10.9. The third kappa shape index (κ3) is 6.54. The highest BCUT2D eigenvalue weighted by Gasteiger charge is 2.27. The minimum atomic E-state index is -0.973. The highest BCUT2D eigenvalue weighted by molar-refractivity contribution is 5.95. The molecule has 1 fully saturated rings. The molecule has 1 saturated heterocycles. The Morgan fingerprint density at radius 3 is 2.53 bits per heavy atom. The smallest absolute Gasteiger partial charge is 0.319 e. The zero-order valence-corrected chi connectivity index (χ0v) is 17.4. The highest BCUT2D eigenvalue weighted by Crippen LogP contribution is 2.11. The number of carbonyl (C=O) groups excluding carboxylic acids is 3. The maximum atomic E-state index is 13.1. The summed E-state index contributed by atoms with van der Waals surface area (Å²) < 4.78 is 13.1. The molecule has 9 heteroatoms. The summed E-state index contributed by atoms with van der Waals surface area (Å²) in [7, 11) is 0. The van der Waals surface area contributed by atoms with Gasteiger partial charge in [0.05, 0.1) is 11.6 Å². The van der Waals surface area contributed by atoms with Crippen molar-refractivity contribution in [3.63, 3.8) is 0 Å². The van der Waals surface area contributed by atoms with E-state index in [-0.39, 0.29) is 12.3 Å². The van der Waals surface area contributed by atoms with E-state index in [9.17, 15) is 18.8 Å². The average Bonchev–Trinajstić information content (AvgIpc) is 2.99. The Bertz CT molecular complexity index is 1000. The van der Waals surface area contributed by atoms with Gasteiger partial charge >= 0.3 is 6.03 Å². The van der Waals surface area contributed by atoms with Gasteiger partial charge in [-0.25, -0.2) is 9.18 Å². The van der Waals surface area contributed by atoms with Gasteiger partial charge in [0.2, 0.25) is 11.8 Å². The number of nitrogens with one attached hydrogen (secondary N) is 4. The van der Waals surface area contributed by atoms with Gasteiger partial charge in [0.25, 0.3) is 0 Å². The molecule has 1 aliphatic heterocycles. The summed E-state index contributed by atoms with van der Waals surface area (Å²) in [4.78, 5) is 37.7. The molecule has 0 spiro atoms. The third-order valence-corrected chi connectivity index (χ3v) is 5.10. The van der Waals surface area contributed by atoms with Crippen molar-refractivity contribution < 1.29 is 18.8 Å². The summed E-state index contributed by atoms with van der Waals surface area (Å²) >= 11 is 0. The van der Waals surface area contributed by atoms with Gasteiger partial charge in [0.15, 0.2) is 0 Å². The number of carbonyl (C=O) groups is 3. The van der Waals surface area contributed by atoms with Crippen molar-refractivity contribution in [1.29, 1.82) is 5.26 Å². The first-order valence-corrected chi connectivity index (χ1v) is 10.3. The van der Waals surface area contributed by atoms with Crippen LogP contribution in [0.1, 0.15) is 30.4 Å². The van der Waals surface area contributed by atoms with Crippen molar-refractivity contribution in [2.24, 2.45) is 0 Å². The van der Waals surface area contributed by atoms with E-state index >= 15 is 0 Å². The van der Waals surface area contributed by atoms with E-state index in [1.807, 2.05) is 6.07 Å². The molecule has 0 saturated carbocycles. The van der Waals surface area contributed by atoms with Gasteiger partial charge in [-0.15, -0.1) is 0 Å². The maximum Gasteiger partial charge on any atom is 0.319 e. The fourth-order valence-electron chi connectivity index (χ4n) is 3.37. The number of halogens is 1. The quantitative estimate of drug-likeness (QED) is 0.553. The van der Waals surface area contributed by atoms with Crippen LogP contribution in [0.25, 0.3) is 0 Å². The van der Waals surface area contributed by atoms with Gasteiger partial charge in [-0.3, -0.25) is 9.59 Å². The summed E-state index contributed by atoms with van der Waals surface area (Å²) in [5.74, 6) is -1.18. The second-order valence-corrected chi connectivity index (χ2v) is 7.52. The molecule has 0 aromatic heterocycles. The topological polar surface area (TPSA) is 123 Å². The Morgan fingerprint density at radius 2 is 1.84 bits per heavy atom. The number of anilines is 1. The summed E-state index contributed by atoms with van der Waals surface area (Å²) in [5, 5.41) is 19.6. The first kappa shape index (κ1) is 22.7. The fraction of sp³-hybridized carbons (Fsp3) is 0.304. The lowest BCUT2D eigenvalue weighted by atomic mass is 10.0. The maximum absolute atomic E-state index is 13.1. The third-order valence-electron chi connectivity index (χ3n) is 5.10. The number of hydrogen-bond acceptors (Lipinski definition) is 4. The fourth-order valence-corrected chi connectivity index (χ4v) is 3.37. The van der Waals surface area contributed by atoms with Gasteiger partial charge in [-0.05, 0) is 61.2 Å². The molecule has 0 radical (unpaired) electrons. The van der Waals surface area contributed by atoms with Crippen LogP contribution in [0.5, 0.6) is 0 Å². The summed E-state index contributed by atoms with van der Waals surface area (Å²) in [6, 6.07) is 11.6. The van der Waals surface area contributed by atoms with E-state index in [2.05, 4.69) is 21.3 Å². The minimum absolute atomic E-state index is 0.155. The lowest BCUT2D eigenvalue weighted by Crippen LogP contribution is -2.54. The van der Waals surface area contributed by atoms with Gasteiger partial charge in [0.1, 0.15) is 17.9 Å². The number of urea groups is 1. The second-order valence-electron chi connectivity index (χ2n) is 7.52. The molecule has 32 heavy (non-hydrogen) atoms. The van der Waals surface area contributed by atoms with Crippen molar-refractivity contribution in [2.75, 3.05) is 11.9 Å². The minimum Gasteiger partial charge on any atom is -0.354 e. The highest BCUT2D eigenvalue weighted by atomic mass is 19.1. The van der Waals surface area contributed by atoms with Crippen LogP contribution < -0.4 is 21.3 Å². The van der Waals surface area contributed by atoms with Gasteiger partial charge in [0, 0.05) is 18.7 Å². The Balaban J connectivity index is 1.72.